The van der Waals surface area contributed by atoms with Crippen molar-refractivity contribution >= 4 is 6.09 Å². The second-order valence-corrected chi connectivity index (χ2v) is 7.10. The molecule has 1 fully saturated rings. The van der Waals surface area contributed by atoms with Crippen molar-refractivity contribution in [2.75, 3.05) is 33.9 Å². The van der Waals surface area contributed by atoms with Crippen molar-refractivity contribution in [1.29, 1.82) is 0 Å². The van der Waals surface area contributed by atoms with Gasteiger partial charge in [-0.2, -0.15) is 0 Å². The summed E-state index contributed by atoms with van der Waals surface area (Å²) >= 11 is 0. The molecule has 0 bridgehead atoms. The second-order valence-electron chi connectivity index (χ2n) is 7.10. The van der Waals surface area contributed by atoms with Gasteiger partial charge in [-0.05, 0) is 50.9 Å². The van der Waals surface area contributed by atoms with Crippen LogP contribution >= 0.6 is 0 Å². The minimum Gasteiger partial charge on any atom is -0.493 e. The van der Waals surface area contributed by atoms with Crippen LogP contribution in [0.25, 0.3) is 0 Å². The molecule has 0 aromatic heterocycles. The first-order valence-corrected chi connectivity index (χ1v) is 8.19. The normalized spacial score (nSPS) is 20.8. The number of hydrogen-bond donors (Lipinski definition) is 1. The Morgan fingerprint density at radius 1 is 1.21 bits per heavy atom. The highest BCUT2D eigenvalue weighted by atomic mass is 16.6. The maximum atomic E-state index is 12.3. The lowest BCUT2D eigenvalue weighted by Gasteiger charge is -2.24. The molecule has 0 unspecified atom stereocenters. The van der Waals surface area contributed by atoms with Gasteiger partial charge in [0.15, 0.2) is 11.5 Å². The van der Waals surface area contributed by atoms with Crippen LogP contribution in [0, 0.1) is 5.92 Å². The van der Waals surface area contributed by atoms with Gasteiger partial charge in [-0.15, -0.1) is 0 Å². The minimum absolute atomic E-state index is 0.155. The fraction of sp³-hybridized carbons (Fsp3) is 0.611. The van der Waals surface area contributed by atoms with E-state index in [4.69, 9.17) is 19.9 Å². The first kappa shape index (κ1) is 18.4. The first-order chi connectivity index (χ1) is 11.3. The molecule has 1 aliphatic rings. The highest BCUT2D eigenvalue weighted by molar-refractivity contribution is 5.69. The lowest BCUT2D eigenvalue weighted by molar-refractivity contribution is 0.0287. The van der Waals surface area contributed by atoms with Crippen molar-refractivity contribution in [1.82, 2.24) is 4.90 Å². The molecule has 24 heavy (non-hydrogen) atoms. The van der Waals surface area contributed by atoms with Crippen LogP contribution in [0.2, 0.25) is 0 Å². The Kier molecular flexibility index (Phi) is 5.59. The van der Waals surface area contributed by atoms with Crippen molar-refractivity contribution in [3.8, 4) is 11.5 Å². The standard InChI is InChI=1S/C18H28N2O4/c1-18(2,3)24-17(21)20-10-13(9-19)14(11-20)12-6-7-15(22-4)16(8-12)23-5/h6-8,13-14H,9-11,19H2,1-5H3/t13-,14+/m0/s1. The van der Waals surface area contributed by atoms with Crippen molar-refractivity contribution in [2.24, 2.45) is 11.7 Å². The fourth-order valence-electron chi connectivity index (χ4n) is 3.05. The van der Waals surface area contributed by atoms with Gasteiger partial charge in [-0.3, -0.25) is 0 Å². The zero-order valence-electron chi connectivity index (χ0n) is 15.2. The zero-order chi connectivity index (χ0) is 17.9. The quantitative estimate of drug-likeness (QED) is 0.915. The van der Waals surface area contributed by atoms with Gasteiger partial charge < -0.3 is 24.8 Å². The van der Waals surface area contributed by atoms with Gasteiger partial charge >= 0.3 is 6.09 Å². The Morgan fingerprint density at radius 2 is 1.88 bits per heavy atom. The van der Waals surface area contributed by atoms with Gasteiger partial charge in [0.25, 0.3) is 0 Å². The molecule has 0 spiro atoms. The van der Waals surface area contributed by atoms with Crippen molar-refractivity contribution in [3.63, 3.8) is 0 Å². The number of carbonyl (C=O) groups is 1. The van der Waals surface area contributed by atoms with E-state index in [2.05, 4.69) is 0 Å². The summed E-state index contributed by atoms with van der Waals surface area (Å²) in [5.41, 5.74) is 6.53. The summed E-state index contributed by atoms with van der Waals surface area (Å²) in [6.45, 7) is 7.31. The van der Waals surface area contributed by atoms with Gasteiger partial charge in [-0.1, -0.05) is 6.07 Å². The predicted molar refractivity (Wildman–Crippen MR) is 92.6 cm³/mol. The van der Waals surface area contributed by atoms with Gasteiger partial charge in [0, 0.05) is 19.0 Å². The molecular formula is C18H28N2O4. The molecule has 134 valence electrons. The Morgan fingerprint density at radius 3 is 2.42 bits per heavy atom. The lowest BCUT2D eigenvalue weighted by Crippen LogP contribution is -2.35. The smallest absolute Gasteiger partial charge is 0.410 e. The number of nitrogens with zero attached hydrogens (tertiary/aromatic N) is 1. The Labute approximate surface area is 143 Å². The van der Waals surface area contributed by atoms with E-state index in [9.17, 15) is 4.79 Å². The predicted octanol–water partition coefficient (Wildman–Crippen LogP) is 2.61. The topological polar surface area (TPSA) is 74.0 Å². The maximum absolute atomic E-state index is 12.3. The van der Waals surface area contributed by atoms with E-state index in [1.807, 2.05) is 39.0 Å². The van der Waals surface area contributed by atoms with Crippen LogP contribution in [0.4, 0.5) is 4.79 Å². The number of likely N-dealkylation sites (tertiary alicyclic amines) is 1. The summed E-state index contributed by atoms with van der Waals surface area (Å²) in [7, 11) is 3.23. The van der Waals surface area contributed by atoms with E-state index in [1.54, 1.807) is 19.1 Å². The third-order valence-corrected chi connectivity index (χ3v) is 4.23. The van der Waals surface area contributed by atoms with Crippen LogP contribution in [0.5, 0.6) is 11.5 Å². The average Bonchev–Trinajstić information content (AvgIpc) is 2.97. The second kappa shape index (κ2) is 7.30. The van der Waals surface area contributed by atoms with Gasteiger partial charge in [0.05, 0.1) is 14.2 Å². The van der Waals surface area contributed by atoms with Gasteiger partial charge in [0.1, 0.15) is 5.60 Å². The van der Waals surface area contributed by atoms with Crippen LogP contribution in [-0.2, 0) is 4.74 Å². The highest BCUT2D eigenvalue weighted by Gasteiger charge is 2.37. The van der Waals surface area contributed by atoms with Crippen LogP contribution in [-0.4, -0.2) is 50.4 Å². The molecule has 1 aromatic rings. The summed E-state index contributed by atoms with van der Waals surface area (Å²) in [5.74, 6) is 1.71. The molecule has 1 heterocycles. The van der Waals surface area contributed by atoms with Crippen LogP contribution in [0.3, 0.4) is 0 Å². The van der Waals surface area contributed by atoms with Crippen LogP contribution < -0.4 is 15.2 Å². The molecular weight excluding hydrogens is 308 g/mol. The number of benzene rings is 1. The molecule has 0 aliphatic carbocycles. The van der Waals surface area contributed by atoms with E-state index in [0.29, 0.717) is 31.1 Å². The number of methoxy groups -OCH3 is 2. The molecule has 1 aliphatic heterocycles. The lowest BCUT2D eigenvalue weighted by atomic mass is 9.89. The maximum Gasteiger partial charge on any atom is 0.410 e. The van der Waals surface area contributed by atoms with Crippen molar-refractivity contribution in [2.45, 2.75) is 32.3 Å². The van der Waals surface area contributed by atoms with Crippen molar-refractivity contribution < 1.29 is 19.0 Å². The molecule has 2 atom stereocenters. The van der Waals surface area contributed by atoms with Gasteiger partial charge in [0.2, 0.25) is 0 Å². The third-order valence-electron chi connectivity index (χ3n) is 4.23. The Bertz CT molecular complexity index is 583. The summed E-state index contributed by atoms with van der Waals surface area (Å²) in [6.07, 6.45) is -0.288. The molecule has 1 saturated heterocycles. The SMILES string of the molecule is COc1ccc([C@H]2CN(C(=O)OC(C)(C)C)C[C@@H]2CN)cc1OC. The molecule has 2 N–H and O–H groups in total. The number of hydrogen-bond acceptors (Lipinski definition) is 5. The molecule has 2 rings (SSSR count). The monoisotopic (exact) mass is 336 g/mol. The highest BCUT2D eigenvalue weighted by Crippen LogP contribution is 2.37. The molecule has 1 amide bonds. The number of nitrogens with two attached hydrogens (primary N) is 1. The largest absolute Gasteiger partial charge is 0.493 e. The number of carbonyl (C=O) groups excluding carboxylic acids is 1. The third kappa shape index (κ3) is 4.12. The van der Waals surface area contributed by atoms with Crippen molar-refractivity contribution in [3.05, 3.63) is 23.8 Å². The average molecular weight is 336 g/mol. The summed E-state index contributed by atoms with van der Waals surface area (Å²) in [5, 5.41) is 0. The Balaban J connectivity index is 2.19. The van der Waals surface area contributed by atoms with Crippen LogP contribution in [0.1, 0.15) is 32.3 Å². The van der Waals surface area contributed by atoms with Gasteiger partial charge in [-0.25, -0.2) is 4.79 Å². The Hall–Kier alpha value is -1.95. The number of rotatable bonds is 4. The zero-order valence-corrected chi connectivity index (χ0v) is 15.2. The van der Waals surface area contributed by atoms with Crippen LogP contribution in [0.15, 0.2) is 18.2 Å². The van der Waals surface area contributed by atoms with E-state index >= 15 is 0 Å². The first-order valence-electron chi connectivity index (χ1n) is 8.19. The van der Waals surface area contributed by atoms with E-state index in [0.717, 1.165) is 5.56 Å². The molecule has 0 radical (unpaired) electrons. The number of ether oxygens (including phenoxy) is 3. The number of amides is 1. The summed E-state index contributed by atoms with van der Waals surface area (Å²) < 4.78 is 16.2. The molecule has 0 saturated carbocycles. The fourth-order valence-corrected chi connectivity index (χ4v) is 3.05. The summed E-state index contributed by atoms with van der Waals surface area (Å²) in [6, 6.07) is 5.86. The molecule has 6 nitrogen and oxygen atoms in total. The molecule has 1 aromatic carbocycles. The van der Waals surface area contributed by atoms with E-state index < -0.39 is 5.60 Å². The molecule has 6 heteroatoms. The van der Waals surface area contributed by atoms with E-state index in [1.165, 1.54) is 0 Å². The summed E-state index contributed by atoms with van der Waals surface area (Å²) in [4.78, 5) is 14.1. The minimum atomic E-state index is -0.503. The van der Waals surface area contributed by atoms with E-state index in [-0.39, 0.29) is 17.9 Å².